The number of rotatable bonds is 8. The van der Waals surface area contributed by atoms with Crippen molar-refractivity contribution < 1.29 is 18.7 Å². The molecule has 28 heavy (non-hydrogen) atoms. The van der Waals surface area contributed by atoms with E-state index >= 15 is 0 Å². The smallest absolute Gasteiger partial charge is 0.250 e. The van der Waals surface area contributed by atoms with Gasteiger partial charge in [-0.2, -0.15) is 0 Å². The van der Waals surface area contributed by atoms with Gasteiger partial charge in [-0.15, -0.1) is 0 Å². The van der Waals surface area contributed by atoms with Crippen LogP contribution in [0.5, 0.6) is 0 Å². The van der Waals surface area contributed by atoms with Crippen LogP contribution in [-0.4, -0.2) is 35.4 Å². The highest BCUT2D eigenvalue weighted by Crippen LogP contribution is 2.17. The zero-order chi connectivity index (χ0) is 19.9. The van der Waals surface area contributed by atoms with E-state index in [1.165, 1.54) is 12.1 Å². The topological polar surface area (TPSA) is 96.1 Å². The van der Waals surface area contributed by atoms with E-state index in [0.717, 1.165) is 5.56 Å². The monoisotopic (exact) mass is 384 g/mol. The van der Waals surface area contributed by atoms with E-state index in [4.69, 9.17) is 4.74 Å². The maximum absolute atomic E-state index is 13.2. The van der Waals surface area contributed by atoms with Gasteiger partial charge in [-0.05, 0) is 36.2 Å². The van der Waals surface area contributed by atoms with Crippen molar-refractivity contribution in [2.75, 3.05) is 19.0 Å². The number of nitrogens with one attached hydrogen (secondary N) is 3. The molecule has 3 aromatic rings. The minimum atomic E-state index is -0.349. The van der Waals surface area contributed by atoms with Gasteiger partial charge in [0.25, 0.3) is 0 Å². The van der Waals surface area contributed by atoms with Crippen molar-refractivity contribution in [3.8, 4) is 0 Å². The lowest BCUT2D eigenvalue weighted by molar-refractivity contribution is -0.121. The Morgan fingerprint density at radius 1 is 1.18 bits per heavy atom. The molecule has 0 bridgehead atoms. The quantitative estimate of drug-likeness (QED) is 0.556. The highest BCUT2D eigenvalue weighted by atomic mass is 19.1. The maximum Gasteiger partial charge on any atom is 0.250 e. The third kappa shape index (κ3) is 5.14. The molecule has 8 heteroatoms. The Balaban J connectivity index is 1.52. The summed E-state index contributed by atoms with van der Waals surface area (Å²) in [6.07, 6.45) is 0.860. The molecular formula is C20H21FN4O3. The Morgan fingerprint density at radius 3 is 2.82 bits per heavy atom. The number of aryl methyl sites for hydroxylation is 1. The molecular weight excluding hydrogens is 363 g/mol. The number of imidazole rings is 1. The molecule has 146 valence electrons. The van der Waals surface area contributed by atoms with Crippen LogP contribution in [0.1, 0.15) is 17.8 Å². The molecule has 0 aliphatic carbocycles. The van der Waals surface area contributed by atoms with E-state index in [1.54, 1.807) is 19.2 Å². The third-order valence-corrected chi connectivity index (χ3v) is 4.16. The van der Waals surface area contributed by atoms with Crippen LogP contribution in [0.4, 0.5) is 10.1 Å². The summed E-state index contributed by atoms with van der Waals surface area (Å²) in [6.45, 7) is -0.0583. The van der Waals surface area contributed by atoms with Crippen LogP contribution >= 0.6 is 0 Å². The fourth-order valence-electron chi connectivity index (χ4n) is 2.76. The van der Waals surface area contributed by atoms with Crippen LogP contribution in [-0.2, 0) is 27.4 Å². The fourth-order valence-corrected chi connectivity index (χ4v) is 2.76. The molecule has 0 aliphatic heterocycles. The number of amides is 2. The van der Waals surface area contributed by atoms with Crippen molar-refractivity contribution in [2.45, 2.75) is 19.4 Å². The number of benzene rings is 2. The molecule has 0 unspecified atom stereocenters. The summed E-state index contributed by atoms with van der Waals surface area (Å²) in [7, 11) is 1.59. The van der Waals surface area contributed by atoms with Gasteiger partial charge in [-0.1, -0.05) is 18.2 Å². The second-order valence-corrected chi connectivity index (χ2v) is 6.22. The minimum Gasteiger partial charge on any atom is -0.364 e. The van der Waals surface area contributed by atoms with E-state index < -0.39 is 0 Å². The summed E-state index contributed by atoms with van der Waals surface area (Å²) in [5, 5.41) is 5.37. The minimum absolute atomic E-state index is 0.0600. The lowest BCUT2D eigenvalue weighted by atomic mass is 10.1. The van der Waals surface area contributed by atoms with Crippen LogP contribution in [0, 0.1) is 5.82 Å². The number of anilines is 1. The number of hydrogen-bond acceptors (Lipinski definition) is 4. The van der Waals surface area contributed by atoms with Gasteiger partial charge < -0.3 is 20.4 Å². The van der Waals surface area contributed by atoms with Crippen molar-refractivity contribution >= 4 is 28.5 Å². The first-order valence-corrected chi connectivity index (χ1v) is 8.85. The largest absolute Gasteiger partial charge is 0.364 e. The maximum atomic E-state index is 13.2. The molecule has 1 heterocycles. The van der Waals surface area contributed by atoms with Crippen molar-refractivity contribution in [3.05, 3.63) is 59.7 Å². The van der Waals surface area contributed by atoms with Crippen LogP contribution in [0.15, 0.2) is 42.5 Å². The lowest BCUT2D eigenvalue weighted by Gasteiger charge is -2.11. The molecule has 0 saturated carbocycles. The number of aromatic nitrogens is 2. The van der Waals surface area contributed by atoms with Crippen LogP contribution in [0.2, 0.25) is 0 Å². The Morgan fingerprint density at radius 2 is 2.00 bits per heavy atom. The molecule has 0 aliphatic rings. The van der Waals surface area contributed by atoms with E-state index in [1.807, 2.05) is 18.2 Å². The third-order valence-electron chi connectivity index (χ3n) is 4.16. The van der Waals surface area contributed by atoms with Crippen LogP contribution in [0.3, 0.4) is 0 Å². The Hall–Kier alpha value is -3.26. The van der Waals surface area contributed by atoms with Gasteiger partial charge in [0.15, 0.2) is 0 Å². The molecule has 0 spiro atoms. The van der Waals surface area contributed by atoms with Gasteiger partial charge >= 0.3 is 0 Å². The zero-order valence-electron chi connectivity index (χ0n) is 15.4. The molecule has 1 aromatic heterocycles. The Bertz CT molecular complexity index is 986. The van der Waals surface area contributed by atoms with Crippen molar-refractivity contribution in [1.29, 1.82) is 0 Å². The summed E-state index contributed by atoms with van der Waals surface area (Å²) >= 11 is 0. The number of carbonyl (C=O) groups excluding carboxylic acids is 2. The number of ether oxygens (including phenoxy) is 1. The summed E-state index contributed by atoms with van der Waals surface area (Å²) < 4.78 is 18.6. The summed E-state index contributed by atoms with van der Waals surface area (Å²) in [5.41, 5.74) is 2.74. The number of fused-ring (bicyclic) bond motifs is 1. The average molecular weight is 384 g/mol. The van der Waals surface area contributed by atoms with Crippen molar-refractivity contribution in [2.24, 2.45) is 0 Å². The SMILES string of the molecule is CNC(=O)CCc1ccccc1NC(=O)COCc1nc2ccc(F)cc2[nH]1. The van der Waals surface area contributed by atoms with Crippen LogP contribution < -0.4 is 10.6 Å². The molecule has 3 N–H and O–H groups in total. The molecule has 0 fully saturated rings. The van der Waals surface area contributed by atoms with E-state index in [9.17, 15) is 14.0 Å². The number of H-pyrrole nitrogens is 1. The number of nitrogens with zero attached hydrogens (tertiary/aromatic N) is 1. The van der Waals surface area contributed by atoms with E-state index in [0.29, 0.717) is 35.4 Å². The van der Waals surface area contributed by atoms with Gasteiger partial charge in [0, 0.05) is 19.2 Å². The van der Waals surface area contributed by atoms with Crippen LogP contribution in [0.25, 0.3) is 11.0 Å². The number of carbonyl (C=O) groups is 2. The van der Waals surface area contributed by atoms with Gasteiger partial charge in [-0.25, -0.2) is 9.37 Å². The highest BCUT2D eigenvalue weighted by Gasteiger charge is 2.10. The molecule has 7 nitrogen and oxygen atoms in total. The standard InChI is InChI=1S/C20H21FN4O3/c1-22-19(26)9-6-13-4-2-3-5-15(13)25-20(27)12-28-11-18-23-16-8-7-14(21)10-17(16)24-18/h2-5,7-8,10H,6,9,11-12H2,1H3,(H,22,26)(H,23,24)(H,25,27). The van der Waals surface area contributed by atoms with Gasteiger partial charge in [0.2, 0.25) is 11.8 Å². The number of para-hydroxylation sites is 1. The summed E-state index contributed by atoms with van der Waals surface area (Å²) in [5.74, 6) is -0.206. The van der Waals surface area contributed by atoms with Crippen molar-refractivity contribution in [3.63, 3.8) is 0 Å². The number of hydrogen-bond donors (Lipinski definition) is 3. The lowest BCUT2D eigenvalue weighted by Crippen LogP contribution is -2.20. The van der Waals surface area contributed by atoms with E-state index in [2.05, 4.69) is 20.6 Å². The Labute approximate surface area is 161 Å². The number of aromatic amines is 1. The molecule has 0 radical (unpaired) electrons. The highest BCUT2D eigenvalue weighted by molar-refractivity contribution is 5.92. The zero-order valence-corrected chi connectivity index (χ0v) is 15.4. The van der Waals surface area contributed by atoms with Crippen molar-refractivity contribution in [1.82, 2.24) is 15.3 Å². The molecule has 2 amide bonds. The average Bonchev–Trinajstić information content (AvgIpc) is 3.08. The first-order valence-electron chi connectivity index (χ1n) is 8.85. The molecule has 2 aromatic carbocycles. The second-order valence-electron chi connectivity index (χ2n) is 6.22. The summed E-state index contributed by atoms with van der Waals surface area (Å²) in [4.78, 5) is 30.8. The summed E-state index contributed by atoms with van der Waals surface area (Å²) in [6, 6.07) is 11.6. The second kappa shape index (κ2) is 9.09. The Kier molecular flexibility index (Phi) is 6.33. The first-order chi connectivity index (χ1) is 13.5. The van der Waals surface area contributed by atoms with Gasteiger partial charge in [-0.3, -0.25) is 9.59 Å². The molecule has 0 saturated heterocycles. The van der Waals surface area contributed by atoms with Gasteiger partial charge in [0.05, 0.1) is 11.0 Å². The van der Waals surface area contributed by atoms with E-state index in [-0.39, 0.29) is 30.8 Å². The predicted octanol–water partition coefficient (Wildman–Crippen LogP) is 2.54. The van der Waals surface area contributed by atoms with Gasteiger partial charge in [0.1, 0.15) is 24.9 Å². The predicted molar refractivity (Wildman–Crippen MR) is 103 cm³/mol. The first kappa shape index (κ1) is 19.5. The fraction of sp³-hybridized carbons (Fsp3) is 0.250. The molecule has 0 atom stereocenters. The molecule has 3 rings (SSSR count). The normalized spacial score (nSPS) is 10.8. The number of halogens is 1.